The SMILES string of the molecule is Cc1cnc(N2CC3CC(C2)N3C2COC2)nc1. The minimum atomic E-state index is 0.676. The molecule has 1 aromatic rings. The molecule has 0 N–H and O–H groups in total. The first-order valence-corrected chi connectivity index (χ1v) is 6.70. The average molecular weight is 246 g/mol. The summed E-state index contributed by atoms with van der Waals surface area (Å²) in [6.07, 6.45) is 5.14. The van der Waals surface area contributed by atoms with E-state index < -0.39 is 0 Å². The first kappa shape index (κ1) is 10.7. The lowest BCUT2D eigenvalue weighted by Gasteiger charge is -2.60. The van der Waals surface area contributed by atoms with E-state index in [-0.39, 0.29) is 0 Å². The highest BCUT2D eigenvalue weighted by Gasteiger charge is 2.49. The zero-order valence-electron chi connectivity index (χ0n) is 10.6. The summed E-state index contributed by atoms with van der Waals surface area (Å²) < 4.78 is 5.30. The monoisotopic (exact) mass is 246 g/mol. The summed E-state index contributed by atoms with van der Waals surface area (Å²) >= 11 is 0. The normalized spacial score (nSPS) is 31.9. The Bertz CT molecular complexity index is 433. The Morgan fingerprint density at radius 2 is 1.78 bits per heavy atom. The lowest BCUT2D eigenvalue weighted by molar-refractivity contribution is -0.142. The maximum absolute atomic E-state index is 5.30. The highest BCUT2D eigenvalue weighted by atomic mass is 16.5. The number of nitrogens with zero attached hydrogens (tertiary/aromatic N) is 4. The Kier molecular flexibility index (Phi) is 2.32. The third-order valence-electron chi connectivity index (χ3n) is 4.34. The highest BCUT2D eigenvalue weighted by Crippen LogP contribution is 2.36. The summed E-state index contributed by atoms with van der Waals surface area (Å²) in [6, 6.07) is 2.04. The maximum atomic E-state index is 5.30. The van der Waals surface area contributed by atoms with E-state index in [9.17, 15) is 0 Å². The topological polar surface area (TPSA) is 41.5 Å². The van der Waals surface area contributed by atoms with Crippen LogP contribution in [0.3, 0.4) is 0 Å². The van der Waals surface area contributed by atoms with E-state index in [4.69, 9.17) is 4.74 Å². The Morgan fingerprint density at radius 3 is 2.33 bits per heavy atom. The molecule has 0 radical (unpaired) electrons. The summed E-state index contributed by atoms with van der Waals surface area (Å²) in [4.78, 5) is 13.8. The molecular formula is C13H18N4O. The fourth-order valence-corrected chi connectivity index (χ4v) is 3.34. The summed E-state index contributed by atoms with van der Waals surface area (Å²) in [5.41, 5.74) is 1.12. The number of ether oxygens (including phenoxy) is 1. The molecular weight excluding hydrogens is 228 g/mol. The zero-order valence-corrected chi connectivity index (χ0v) is 10.6. The smallest absolute Gasteiger partial charge is 0.225 e. The van der Waals surface area contributed by atoms with Gasteiger partial charge in [0.15, 0.2) is 0 Å². The van der Waals surface area contributed by atoms with Crippen molar-refractivity contribution in [2.75, 3.05) is 31.2 Å². The van der Waals surface area contributed by atoms with Gasteiger partial charge in [0.25, 0.3) is 0 Å². The van der Waals surface area contributed by atoms with Gasteiger partial charge in [-0.1, -0.05) is 0 Å². The van der Waals surface area contributed by atoms with Gasteiger partial charge in [0.05, 0.1) is 19.3 Å². The molecule has 4 fully saturated rings. The molecule has 4 aliphatic rings. The van der Waals surface area contributed by atoms with Crippen LogP contribution in [0.5, 0.6) is 0 Å². The van der Waals surface area contributed by atoms with Gasteiger partial charge in [-0.3, -0.25) is 4.90 Å². The van der Waals surface area contributed by atoms with Crippen LogP contribution >= 0.6 is 0 Å². The van der Waals surface area contributed by atoms with Crippen LogP contribution in [0.25, 0.3) is 0 Å². The van der Waals surface area contributed by atoms with Crippen molar-refractivity contribution in [2.24, 2.45) is 0 Å². The quantitative estimate of drug-likeness (QED) is 0.757. The van der Waals surface area contributed by atoms with Crippen molar-refractivity contribution in [1.29, 1.82) is 0 Å². The second kappa shape index (κ2) is 3.90. The van der Waals surface area contributed by atoms with Gasteiger partial charge in [0, 0.05) is 37.6 Å². The molecule has 18 heavy (non-hydrogen) atoms. The highest BCUT2D eigenvalue weighted by molar-refractivity contribution is 5.34. The van der Waals surface area contributed by atoms with Gasteiger partial charge in [-0.2, -0.15) is 0 Å². The predicted octanol–water partition coefficient (Wildman–Crippen LogP) is 0.447. The van der Waals surface area contributed by atoms with Crippen molar-refractivity contribution >= 4 is 5.95 Å². The lowest BCUT2D eigenvalue weighted by Crippen LogP contribution is -2.74. The van der Waals surface area contributed by atoms with E-state index in [0.29, 0.717) is 18.1 Å². The van der Waals surface area contributed by atoms with Crippen LogP contribution in [0, 0.1) is 6.92 Å². The number of hydrogen-bond acceptors (Lipinski definition) is 5. The number of fused-ring (bicyclic) bond motifs is 2. The van der Waals surface area contributed by atoms with Crippen LogP contribution in [0.1, 0.15) is 12.0 Å². The van der Waals surface area contributed by atoms with E-state index in [2.05, 4.69) is 19.8 Å². The van der Waals surface area contributed by atoms with Crippen LogP contribution in [-0.2, 0) is 4.74 Å². The summed E-state index contributed by atoms with van der Waals surface area (Å²) in [5, 5.41) is 0. The van der Waals surface area contributed by atoms with Crippen molar-refractivity contribution in [3.8, 4) is 0 Å². The molecule has 0 saturated carbocycles. The molecule has 2 bridgehead atoms. The van der Waals surface area contributed by atoms with Crippen LogP contribution in [0.2, 0.25) is 0 Å². The van der Waals surface area contributed by atoms with Gasteiger partial charge in [0.2, 0.25) is 5.95 Å². The standard InChI is InChI=1S/C13H18N4O/c1-9-3-14-13(15-4-9)16-5-10-2-11(6-16)17(10)12-7-18-8-12/h3-4,10-12H,2,5-8H2,1H3. The Hall–Kier alpha value is -1.20. The molecule has 4 saturated heterocycles. The summed E-state index contributed by atoms with van der Waals surface area (Å²) in [5.74, 6) is 0.889. The molecule has 0 aliphatic carbocycles. The number of rotatable bonds is 2. The van der Waals surface area contributed by atoms with Gasteiger partial charge < -0.3 is 9.64 Å². The zero-order chi connectivity index (χ0) is 12.1. The second-order valence-electron chi connectivity index (χ2n) is 5.65. The fraction of sp³-hybridized carbons (Fsp3) is 0.692. The van der Waals surface area contributed by atoms with Crippen LogP contribution < -0.4 is 4.90 Å². The van der Waals surface area contributed by atoms with Crippen molar-refractivity contribution in [3.63, 3.8) is 0 Å². The van der Waals surface area contributed by atoms with E-state index in [1.54, 1.807) is 0 Å². The molecule has 5 heterocycles. The summed E-state index contributed by atoms with van der Waals surface area (Å²) in [7, 11) is 0. The van der Waals surface area contributed by atoms with Gasteiger partial charge in [-0.15, -0.1) is 0 Å². The van der Waals surface area contributed by atoms with Gasteiger partial charge in [0.1, 0.15) is 0 Å². The fourth-order valence-electron chi connectivity index (χ4n) is 3.34. The maximum Gasteiger partial charge on any atom is 0.225 e. The molecule has 96 valence electrons. The number of aryl methyl sites for hydroxylation is 1. The molecule has 4 aliphatic heterocycles. The Balaban J connectivity index is 1.47. The molecule has 2 atom stereocenters. The van der Waals surface area contributed by atoms with E-state index in [0.717, 1.165) is 37.8 Å². The lowest BCUT2D eigenvalue weighted by atomic mass is 9.85. The largest absolute Gasteiger partial charge is 0.378 e. The van der Waals surface area contributed by atoms with Crippen molar-refractivity contribution in [2.45, 2.75) is 31.5 Å². The van der Waals surface area contributed by atoms with E-state index >= 15 is 0 Å². The minimum Gasteiger partial charge on any atom is -0.378 e. The molecule has 2 unspecified atom stereocenters. The summed E-state index contributed by atoms with van der Waals surface area (Å²) in [6.45, 7) is 6.00. The predicted molar refractivity (Wildman–Crippen MR) is 67.6 cm³/mol. The average Bonchev–Trinajstić information content (AvgIpc) is 2.34. The number of hydrogen-bond donors (Lipinski definition) is 0. The molecule has 5 rings (SSSR count). The molecule has 0 amide bonds. The Labute approximate surface area is 107 Å². The molecule has 5 nitrogen and oxygen atoms in total. The van der Waals surface area contributed by atoms with Crippen LogP contribution in [0.4, 0.5) is 5.95 Å². The van der Waals surface area contributed by atoms with Gasteiger partial charge in [-0.05, 0) is 18.9 Å². The van der Waals surface area contributed by atoms with Crippen molar-refractivity contribution < 1.29 is 4.74 Å². The van der Waals surface area contributed by atoms with Crippen LogP contribution in [0.15, 0.2) is 12.4 Å². The first-order chi connectivity index (χ1) is 8.81. The molecule has 1 aromatic heterocycles. The number of anilines is 1. The molecule has 0 spiro atoms. The van der Waals surface area contributed by atoms with Gasteiger partial charge >= 0.3 is 0 Å². The molecule has 0 aromatic carbocycles. The minimum absolute atomic E-state index is 0.676. The van der Waals surface area contributed by atoms with Crippen LogP contribution in [-0.4, -0.2) is 59.3 Å². The molecule has 5 heteroatoms. The number of piperidine rings is 1. The second-order valence-corrected chi connectivity index (χ2v) is 5.65. The third-order valence-corrected chi connectivity index (χ3v) is 4.34. The van der Waals surface area contributed by atoms with E-state index in [1.165, 1.54) is 6.42 Å². The van der Waals surface area contributed by atoms with E-state index in [1.807, 2.05) is 19.3 Å². The van der Waals surface area contributed by atoms with Crippen molar-refractivity contribution in [3.05, 3.63) is 18.0 Å². The number of aromatic nitrogens is 2. The third kappa shape index (κ3) is 1.54. The van der Waals surface area contributed by atoms with Gasteiger partial charge in [-0.25, -0.2) is 9.97 Å². The van der Waals surface area contributed by atoms with Crippen molar-refractivity contribution in [1.82, 2.24) is 14.9 Å². The Morgan fingerprint density at radius 1 is 1.11 bits per heavy atom. The first-order valence-electron chi connectivity index (χ1n) is 6.70. The number of piperazine rings is 1.